The third kappa shape index (κ3) is 3.12. The van der Waals surface area contributed by atoms with Crippen LogP contribution >= 0.6 is 11.6 Å². The van der Waals surface area contributed by atoms with Crippen molar-refractivity contribution >= 4 is 34.5 Å². The first-order valence-corrected chi connectivity index (χ1v) is 7.45. The number of nitrogens with zero attached hydrogens (tertiary/aromatic N) is 1. The van der Waals surface area contributed by atoms with Gasteiger partial charge in [-0.3, -0.25) is 0 Å². The fourth-order valence-electron chi connectivity index (χ4n) is 2.49. The summed E-state index contributed by atoms with van der Waals surface area (Å²) in [4.78, 5) is 10.8. The number of hydrogen-bond acceptors (Lipinski definition) is 2. The first kappa shape index (κ1) is 16.1. The zero-order valence-corrected chi connectivity index (χ0v) is 13.4. The van der Waals surface area contributed by atoms with Crippen LogP contribution in [0.3, 0.4) is 0 Å². The van der Waals surface area contributed by atoms with Crippen LogP contribution in [0.4, 0.5) is 4.39 Å². The molecule has 4 nitrogen and oxygen atoms in total. The van der Waals surface area contributed by atoms with E-state index in [4.69, 9.17) is 21.4 Å². The Bertz CT molecular complexity index is 962. The zero-order chi connectivity index (χ0) is 17.3. The summed E-state index contributed by atoms with van der Waals surface area (Å²) in [6.45, 7) is 0. The molecular formula is C18H13ClFNO3. The third-order valence-electron chi connectivity index (χ3n) is 3.53. The minimum Gasteiger partial charge on any atom is -0.478 e. The lowest BCUT2D eigenvalue weighted by molar-refractivity contribution is -0.131. The average Bonchev–Trinajstić information content (AvgIpc) is 2.86. The van der Waals surface area contributed by atoms with Crippen LogP contribution in [0.1, 0.15) is 5.56 Å². The number of aryl methyl sites for hydroxylation is 1. The van der Waals surface area contributed by atoms with Crippen molar-refractivity contribution < 1.29 is 19.0 Å². The van der Waals surface area contributed by atoms with Crippen LogP contribution in [0.15, 0.2) is 48.7 Å². The zero-order valence-electron chi connectivity index (χ0n) is 12.7. The number of hydrogen-bond donors (Lipinski definition) is 1. The summed E-state index contributed by atoms with van der Waals surface area (Å²) in [5.41, 5.74) is 1.59. The van der Waals surface area contributed by atoms with Gasteiger partial charge in [0, 0.05) is 36.3 Å². The largest absolute Gasteiger partial charge is 0.478 e. The van der Waals surface area contributed by atoms with Crippen molar-refractivity contribution in [3.63, 3.8) is 0 Å². The van der Waals surface area contributed by atoms with E-state index in [0.29, 0.717) is 17.1 Å². The van der Waals surface area contributed by atoms with Crippen molar-refractivity contribution in [3.8, 4) is 11.5 Å². The van der Waals surface area contributed by atoms with Crippen LogP contribution in [-0.2, 0) is 11.8 Å². The second kappa shape index (κ2) is 6.37. The van der Waals surface area contributed by atoms with Gasteiger partial charge in [0.15, 0.2) is 0 Å². The lowest BCUT2D eigenvalue weighted by atomic mass is 10.1. The van der Waals surface area contributed by atoms with Gasteiger partial charge >= 0.3 is 5.97 Å². The SMILES string of the molecule is Cn1cc(C=CC(=O)O)c2c(Oc3ccc(F)c(Cl)c3)cccc21. The molecule has 122 valence electrons. The van der Waals surface area contributed by atoms with Gasteiger partial charge in [0.1, 0.15) is 17.3 Å². The Morgan fingerprint density at radius 3 is 2.83 bits per heavy atom. The molecule has 0 spiro atoms. The summed E-state index contributed by atoms with van der Waals surface area (Å²) < 4.78 is 21.0. The van der Waals surface area contributed by atoms with E-state index >= 15 is 0 Å². The molecule has 0 aliphatic rings. The number of aromatic nitrogens is 1. The molecule has 1 N–H and O–H groups in total. The summed E-state index contributed by atoms with van der Waals surface area (Å²) in [6, 6.07) is 9.60. The van der Waals surface area contributed by atoms with E-state index in [0.717, 1.165) is 17.0 Å². The molecule has 0 fully saturated rings. The van der Waals surface area contributed by atoms with Gasteiger partial charge in [-0.1, -0.05) is 17.7 Å². The van der Waals surface area contributed by atoms with Crippen LogP contribution in [0.25, 0.3) is 17.0 Å². The van der Waals surface area contributed by atoms with Crippen molar-refractivity contribution in [2.45, 2.75) is 0 Å². The van der Waals surface area contributed by atoms with Crippen molar-refractivity contribution in [1.29, 1.82) is 0 Å². The minimum atomic E-state index is -1.03. The molecule has 1 aromatic heterocycles. The molecular weight excluding hydrogens is 333 g/mol. The summed E-state index contributed by atoms with van der Waals surface area (Å²) >= 11 is 5.78. The maximum absolute atomic E-state index is 13.3. The summed E-state index contributed by atoms with van der Waals surface area (Å²) in [5.74, 6) is -0.630. The average molecular weight is 346 g/mol. The molecule has 24 heavy (non-hydrogen) atoms. The quantitative estimate of drug-likeness (QED) is 0.687. The highest BCUT2D eigenvalue weighted by Gasteiger charge is 2.12. The molecule has 2 aromatic carbocycles. The van der Waals surface area contributed by atoms with E-state index in [-0.39, 0.29) is 5.02 Å². The maximum Gasteiger partial charge on any atom is 0.328 e. The number of fused-ring (bicyclic) bond motifs is 1. The van der Waals surface area contributed by atoms with Crippen molar-refractivity contribution in [3.05, 3.63) is 65.1 Å². The van der Waals surface area contributed by atoms with Gasteiger partial charge in [0.05, 0.1) is 10.5 Å². The highest BCUT2D eigenvalue weighted by atomic mass is 35.5. The molecule has 6 heteroatoms. The fraction of sp³-hybridized carbons (Fsp3) is 0.0556. The molecule has 0 amide bonds. The summed E-state index contributed by atoms with van der Waals surface area (Å²) in [5, 5.41) is 9.57. The van der Waals surface area contributed by atoms with E-state index in [9.17, 15) is 9.18 Å². The van der Waals surface area contributed by atoms with Gasteiger partial charge in [-0.25, -0.2) is 9.18 Å². The molecule has 0 aliphatic carbocycles. The molecule has 3 rings (SSSR count). The molecule has 0 bridgehead atoms. The molecule has 0 unspecified atom stereocenters. The van der Waals surface area contributed by atoms with Gasteiger partial charge in [0.25, 0.3) is 0 Å². The molecule has 0 radical (unpaired) electrons. The van der Waals surface area contributed by atoms with Crippen molar-refractivity contribution in [2.75, 3.05) is 0 Å². The number of halogens is 2. The number of aliphatic carboxylic acids is 1. The molecule has 0 saturated heterocycles. The maximum atomic E-state index is 13.3. The lowest BCUT2D eigenvalue weighted by Crippen LogP contribution is -1.88. The Morgan fingerprint density at radius 1 is 1.33 bits per heavy atom. The molecule has 0 atom stereocenters. The van der Waals surface area contributed by atoms with E-state index in [1.54, 1.807) is 6.07 Å². The summed E-state index contributed by atoms with van der Waals surface area (Å²) in [6.07, 6.45) is 4.39. The Kier molecular flexibility index (Phi) is 4.27. The molecule has 0 aliphatic heterocycles. The Morgan fingerprint density at radius 2 is 2.12 bits per heavy atom. The Labute approximate surface area is 142 Å². The Hall–Kier alpha value is -2.79. The highest BCUT2D eigenvalue weighted by molar-refractivity contribution is 6.30. The first-order valence-electron chi connectivity index (χ1n) is 7.07. The van der Waals surface area contributed by atoms with E-state index in [2.05, 4.69) is 0 Å². The highest BCUT2D eigenvalue weighted by Crippen LogP contribution is 2.35. The second-order valence-corrected chi connectivity index (χ2v) is 5.60. The van der Waals surface area contributed by atoms with Crippen LogP contribution in [0, 0.1) is 5.82 Å². The number of benzene rings is 2. The standard InChI is InChI=1S/C18H13ClFNO3/c1-21-10-11(5-8-17(22)23)18-15(21)3-2-4-16(18)24-12-6-7-14(20)13(19)9-12/h2-10H,1H3,(H,22,23). The van der Waals surface area contributed by atoms with E-state index in [1.807, 2.05) is 29.9 Å². The smallest absolute Gasteiger partial charge is 0.328 e. The lowest BCUT2D eigenvalue weighted by Gasteiger charge is -2.09. The van der Waals surface area contributed by atoms with Crippen molar-refractivity contribution in [2.24, 2.45) is 7.05 Å². The molecule has 1 heterocycles. The topological polar surface area (TPSA) is 51.5 Å². The monoisotopic (exact) mass is 345 g/mol. The number of carboxylic acid groups (broad SMARTS) is 1. The normalized spacial score (nSPS) is 11.3. The molecule has 0 saturated carbocycles. The number of carbonyl (C=O) groups is 1. The van der Waals surface area contributed by atoms with Crippen LogP contribution < -0.4 is 4.74 Å². The van der Waals surface area contributed by atoms with E-state index in [1.165, 1.54) is 24.3 Å². The fourth-order valence-corrected chi connectivity index (χ4v) is 2.66. The Balaban J connectivity index is 2.10. The van der Waals surface area contributed by atoms with Crippen LogP contribution in [0.2, 0.25) is 5.02 Å². The van der Waals surface area contributed by atoms with Crippen LogP contribution in [-0.4, -0.2) is 15.6 Å². The second-order valence-electron chi connectivity index (χ2n) is 5.20. The van der Waals surface area contributed by atoms with Gasteiger partial charge in [-0.15, -0.1) is 0 Å². The van der Waals surface area contributed by atoms with Crippen LogP contribution in [0.5, 0.6) is 11.5 Å². The number of ether oxygens (including phenoxy) is 1. The predicted molar refractivity (Wildman–Crippen MR) is 91.1 cm³/mol. The van der Waals surface area contributed by atoms with Gasteiger partial charge in [-0.2, -0.15) is 0 Å². The number of rotatable bonds is 4. The molecule has 3 aromatic rings. The van der Waals surface area contributed by atoms with Gasteiger partial charge in [-0.05, 0) is 30.3 Å². The first-order chi connectivity index (χ1) is 11.5. The minimum absolute atomic E-state index is 0.0290. The third-order valence-corrected chi connectivity index (χ3v) is 3.82. The summed E-state index contributed by atoms with van der Waals surface area (Å²) in [7, 11) is 1.86. The van der Waals surface area contributed by atoms with Gasteiger partial charge < -0.3 is 14.4 Å². The van der Waals surface area contributed by atoms with Crippen molar-refractivity contribution in [1.82, 2.24) is 4.57 Å². The van der Waals surface area contributed by atoms with E-state index < -0.39 is 11.8 Å². The predicted octanol–water partition coefficient (Wildman–Crippen LogP) is 4.86. The number of carboxylic acids is 1. The van der Waals surface area contributed by atoms with Gasteiger partial charge in [0.2, 0.25) is 0 Å².